The molecule has 3 N–H and O–H groups in total. The summed E-state index contributed by atoms with van der Waals surface area (Å²) in [4.78, 5) is 21.8. The molecular weight excluding hydrogens is 218 g/mol. The summed E-state index contributed by atoms with van der Waals surface area (Å²) in [5, 5.41) is 9.22. The van der Waals surface area contributed by atoms with Crippen LogP contribution in [0.3, 0.4) is 0 Å². The molecule has 86 valence electrons. The van der Waals surface area contributed by atoms with E-state index in [4.69, 9.17) is 5.73 Å². The molecule has 0 heterocycles. The summed E-state index contributed by atoms with van der Waals surface area (Å²) in [5.41, 5.74) is 5.36. The number of benzene rings is 1. The predicted octanol–water partition coefficient (Wildman–Crippen LogP) is 0.640. The van der Waals surface area contributed by atoms with E-state index in [1.54, 1.807) is 24.3 Å². The fourth-order valence-electron chi connectivity index (χ4n) is 1.86. The number of aliphatic carboxylic acids is 1. The highest BCUT2D eigenvalue weighted by molar-refractivity contribution is 5.93. The maximum absolute atomic E-state index is 11.2. The Bertz CT molecular complexity index is 547. The maximum atomic E-state index is 11.2. The zero-order chi connectivity index (χ0) is 12.5. The van der Waals surface area contributed by atoms with Crippen LogP contribution >= 0.6 is 0 Å². The number of carboxylic acid groups (broad SMARTS) is 1. The van der Waals surface area contributed by atoms with Crippen LogP contribution in [0, 0.1) is 11.8 Å². The molecular formula is C13H11NO3. The SMILES string of the molecule is NC(=O)C#Cc1ccccc1C1(C(=O)O)CC1. The van der Waals surface area contributed by atoms with E-state index in [0.29, 0.717) is 24.0 Å². The highest BCUT2D eigenvalue weighted by atomic mass is 16.4. The third kappa shape index (κ3) is 2.00. The molecule has 2 rings (SSSR count). The fraction of sp³-hybridized carbons (Fsp3) is 0.231. The first-order chi connectivity index (χ1) is 8.06. The van der Waals surface area contributed by atoms with Gasteiger partial charge in [0.25, 0.3) is 5.91 Å². The van der Waals surface area contributed by atoms with E-state index in [-0.39, 0.29) is 0 Å². The molecule has 17 heavy (non-hydrogen) atoms. The fourth-order valence-corrected chi connectivity index (χ4v) is 1.86. The third-order valence-corrected chi connectivity index (χ3v) is 2.92. The lowest BCUT2D eigenvalue weighted by Gasteiger charge is -2.11. The van der Waals surface area contributed by atoms with Crippen molar-refractivity contribution in [1.29, 1.82) is 0 Å². The Kier molecular flexibility index (Phi) is 2.60. The van der Waals surface area contributed by atoms with Gasteiger partial charge in [-0.1, -0.05) is 24.1 Å². The van der Waals surface area contributed by atoms with Crippen LogP contribution in [0.1, 0.15) is 24.0 Å². The number of carboxylic acids is 1. The Hall–Kier alpha value is -2.28. The van der Waals surface area contributed by atoms with E-state index in [9.17, 15) is 14.7 Å². The lowest BCUT2D eigenvalue weighted by molar-refractivity contribution is -0.140. The van der Waals surface area contributed by atoms with Gasteiger partial charge in [0, 0.05) is 5.56 Å². The van der Waals surface area contributed by atoms with Crippen molar-refractivity contribution in [2.45, 2.75) is 18.3 Å². The summed E-state index contributed by atoms with van der Waals surface area (Å²) < 4.78 is 0. The molecule has 1 aromatic rings. The summed E-state index contributed by atoms with van der Waals surface area (Å²) >= 11 is 0. The van der Waals surface area contributed by atoms with Crippen molar-refractivity contribution >= 4 is 11.9 Å². The van der Waals surface area contributed by atoms with Gasteiger partial charge in [0.1, 0.15) is 0 Å². The number of carbonyl (C=O) groups excluding carboxylic acids is 1. The van der Waals surface area contributed by atoms with Gasteiger partial charge in [-0.15, -0.1) is 0 Å². The number of carbonyl (C=O) groups is 2. The molecule has 0 unspecified atom stereocenters. The average molecular weight is 229 g/mol. The summed E-state index contributed by atoms with van der Waals surface area (Å²) in [6.07, 6.45) is 1.22. The first kappa shape index (κ1) is 11.2. The number of nitrogens with two attached hydrogens (primary N) is 1. The van der Waals surface area contributed by atoms with Crippen molar-refractivity contribution < 1.29 is 14.7 Å². The summed E-state index contributed by atoms with van der Waals surface area (Å²) in [6, 6.07) is 6.97. The lowest BCUT2D eigenvalue weighted by atomic mass is 9.91. The normalized spacial score (nSPS) is 15.5. The van der Waals surface area contributed by atoms with E-state index in [1.807, 2.05) is 0 Å². The zero-order valence-electron chi connectivity index (χ0n) is 9.06. The van der Waals surface area contributed by atoms with Crippen LogP contribution in [0.15, 0.2) is 24.3 Å². The molecule has 0 aliphatic heterocycles. The van der Waals surface area contributed by atoms with Gasteiger partial charge in [-0.05, 0) is 30.4 Å². The van der Waals surface area contributed by atoms with Crippen LogP contribution in [0.25, 0.3) is 0 Å². The van der Waals surface area contributed by atoms with Crippen LogP contribution in [-0.2, 0) is 15.0 Å². The summed E-state index contributed by atoms with van der Waals surface area (Å²) in [6.45, 7) is 0. The van der Waals surface area contributed by atoms with E-state index in [1.165, 1.54) is 0 Å². The van der Waals surface area contributed by atoms with Crippen molar-refractivity contribution in [3.63, 3.8) is 0 Å². The Balaban J connectivity index is 2.46. The van der Waals surface area contributed by atoms with Gasteiger partial charge < -0.3 is 10.8 Å². The van der Waals surface area contributed by atoms with E-state index < -0.39 is 17.3 Å². The van der Waals surface area contributed by atoms with Crippen molar-refractivity contribution in [3.05, 3.63) is 35.4 Å². The van der Waals surface area contributed by atoms with Crippen molar-refractivity contribution in [2.24, 2.45) is 5.73 Å². The van der Waals surface area contributed by atoms with Crippen LogP contribution in [0.4, 0.5) is 0 Å². The van der Waals surface area contributed by atoms with E-state index in [2.05, 4.69) is 11.8 Å². The highest BCUT2D eigenvalue weighted by Crippen LogP contribution is 2.49. The molecule has 0 spiro atoms. The predicted molar refractivity (Wildman–Crippen MR) is 61.1 cm³/mol. The average Bonchev–Trinajstić information content (AvgIpc) is 3.08. The van der Waals surface area contributed by atoms with Crippen LogP contribution in [0.5, 0.6) is 0 Å². The topological polar surface area (TPSA) is 80.4 Å². The van der Waals surface area contributed by atoms with Crippen LogP contribution in [-0.4, -0.2) is 17.0 Å². The Morgan fingerprint density at radius 1 is 1.29 bits per heavy atom. The van der Waals surface area contributed by atoms with Crippen molar-refractivity contribution in [3.8, 4) is 11.8 Å². The Morgan fingerprint density at radius 2 is 1.94 bits per heavy atom. The number of primary amides is 1. The van der Waals surface area contributed by atoms with Gasteiger partial charge in [0.15, 0.2) is 0 Å². The molecule has 0 aromatic heterocycles. The lowest BCUT2D eigenvalue weighted by Crippen LogP contribution is -2.20. The highest BCUT2D eigenvalue weighted by Gasteiger charge is 2.52. The van der Waals surface area contributed by atoms with Gasteiger partial charge in [0.2, 0.25) is 0 Å². The summed E-state index contributed by atoms with van der Waals surface area (Å²) in [5.74, 6) is 3.30. The number of hydrogen-bond donors (Lipinski definition) is 2. The molecule has 0 radical (unpaired) electrons. The standard InChI is InChI=1S/C13H11NO3/c14-11(15)6-5-9-3-1-2-4-10(9)13(7-8-13)12(16)17/h1-4H,7-8H2,(H2,14,15)(H,16,17). The zero-order valence-corrected chi connectivity index (χ0v) is 9.06. The largest absolute Gasteiger partial charge is 0.481 e. The monoisotopic (exact) mass is 229 g/mol. The minimum Gasteiger partial charge on any atom is -0.481 e. The molecule has 4 nitrogen and oxygen atoms in total. The first-order valence-electron chi connectivity index (χ1n) is 5.20. The molecule has 1 aliphatic rings. The second-order valence-corrected chi connectivity index (χ2v) is 4.05. The molecule has 0 atom stereocenters. The molecule has 1 amide bonds. The number of amides is 1. The minimum absolute atomic E-state index is 0.561. The van der Waals surface area contributed by atoms with Gasteiger partial charge in [-0.25, -0.2) is 0 Å². The molecule has 1 aromatic carbocycles. The van der Waals surface area contributed by atoms with Gasteiger partial charge in [0.05, 0.1) is 5.41 Å². The first-order valence-corrected chi connectivity index (χ1v) is 5.20. The Morgan fingerprint density at radius 3 is 2.47 bits per heavy atom. The van der Waals surface area contributed by atoms with Crippen molar-refractivity contribution in [1.82, 2.24) is 0 Å². The molecule has 1 fully saturated rings. The quantitative estimate of drug-likeness (QED) is 0.730. The molecule has 0 bridgehead atoms. The molecule has 1 aliphatic carbocycles. The van der Waals surface area contributed by atoms with Gasteiger partial charge >= 0.3 is 5.97 Å². The van der Waals surface area contributed by atoms with Crippen molar-refractivity contribution in [2.75, 3.05) is 0 Å². The summed E-state index contributed by atoms with van der Waals surface area (Å²) in [7, 11) is 0. The number of rotatable bonds is 2. The molecule has 4 heteroatoms. The van der Waals surface area contributed by atoms with E-state index in [0.717, 1.165) is 0 Å². The van der Waals surface area contributed by atoms with Crippen LogP contribution < -0.4 is 5.73 Å². The Labute approximate surface area is 98.4 Å². The second-order valence-electron chi connectivity index (χ2n) is 4.05. The molecule has 0 saturated heterocycles. The smallest absolute Gasteiger partial charge is 0.314 e. The van der Waals surface area contributed by atoms with E-state index >= 15 is 0 Å². The minimum atomic E-state index is -0.842. The third-order valence-electron chi connectivity index (χ3n) is 2.92. The van der Waals surface area contributed by atoms with Gasteiger partial charge in [-0.2, -0.15) is 0 Å². The second kappa shape index (κ2) is 3.95. The molecule has 1 saturated carbocycles. The maximum Gasteiger partial charge on any atom is 0.314 e. The van der Waals surface area contributed by atoms with Crippen LogP contribution in [0.2, 0.25) is 0 Å². The van der Waals surface area contributed by atoms with Gasteiger partial charge in [-0.3, -0.25) is 9.59 Å². The number of hydrogen-bond acceptors (Lipinski definition) is 2.